The van der Waals surface area contributed by atoms with E-state index in [1.54, 1.807) is 7.11 Å². The monoisotopic (exact) mass is 285 g/mol. The summed E-state index contributed by atoms with van der Waals surface area (Å²) in [6, 6.07) is 8.20. The second-order valence-electron chi connectivity index (χ2n) is 5.19. The maximum Gasteiger partial charge on any atom is 0.162 e. The van der Waals surface area contributed by atoms with E-state index in [0.29, 0.717) is 6.61 Å². The van der Waals surface area contributed by atoms with Gasteiger partial charge in [-0.1, -0.05) is 25.1 Å². The SMILES string of the molecule is CCCNc1cc(COC)nc(-c2c(C)cccc2C)n1. The number of nitrogens with one attached hydrogen (secondary N) is 1. The van der Waals surface area contributed by atoms with Gasteiger partial charge in [0.15, 0.2) is 5.82 Å². The maximum atomic E-state index is 5.22. The molecule has 0 unspecified atom stereocenters. The molecule has 1 aromatic carbocycles. The minimum absolute atomic E-state index is 0.487. The molecule has 0 aliphatic rings. The number of anilines is 1. The van der Waals surface area contributed by atoms with Crippen LogP contribution in [0.3, 0.4) is 0 Å². The van der Waals surface area contributed by atoms with Crippen molar-refractivity contribution in [3.63, 3.8) is 0 Å². The van der Waals surface area contributed by atoms with Gasteiger partial charge < -0.3 is 10.1 Å². The van der Waals surface area contributed by atoms with Crippen LogP contribution in [0.5, 0.6) is 0 Å². The lowest BCUT2D eigenvalue weighted by molar-refractivity contribution is 0.181. The molecule has 0 saturated carbocycles. The Labute approximate surface area is 126 Å². The predicted octanol–water partition coefficient (Wildman–Crippen LogP) is 3.73. The Kier molecular flexibility index (Phi) is 5.28. The first-order valence-electron chi connectivity index (χ1n) is 7.33. The third-order valence-electron chi connectivity index (χ3n) is 3.33. The Bertz CT molecular complexity index is 591. The van der Waals surface area contributed by atoms with Gasteiger partial charge in [0.25, 0.3) is 0 Å². The average Bonchev–Trinajstić information content (AvgIpc) is 2.45. The number of aryl methyl sites for hydroxylation is 2. The summed E-state index contributed by atoms with van der Waals surface area (Å²) >= 11 is 0. The minimum atomic E-state index is 0.487. The van der Waals surface area contributed by atoms with Gasteiger partial charge in [-0.2, -0.15) is 0 Å². The quantitative estimate of drug-likeness (QED) is 0.878. The molecule has 0 aliphatic heterocycles. The van der Waals surface area contributed by atoms with Crippen molar-refractivity contribution in [3.05, 3.63) is 41.1 Å². The fourth-order valence-electron chi connectivity index (χ4n) is 2.34. The molecule has 21 heavy (non-hydrogen) atoms. The lowest BCUT2D eigenvalue weighted by atomic mass is 10.0. The molecule has 0 saturated heterocycles. The summed E-state index contributed by atoms with van der Waals surface area (Å²) in [5.41, 5.74) is 4.37. The van der Waals surface area contributed by atoms with Crippen LogP contribution in [-0.2, 0) is 11.3 Å². The zero-order chi connectivity index (χ0) is 15.2. The molecule has 0 spiro atoms. The van der Waals surface area contributed by atoms with Gasteiger partial charge in [0.05, 0.1) is 12.3 Å². The van der Waals surface area contributed by atoms with Gasteiger partial charge in [-0.3, -0.25) is 0 Å². The first-order valence-corrected chi connectivity index (χ1v) is 7.33. The molecule has 0 fully saturated rings. The van der Waals surface area contributed by atoms with Gasteiger partial charge in [-0.15, -0.1) is 0 Å². The van der Waals surface area contributed by atoms with Crippen LogP contribution in [0.4, 0.5) is 5.82 Å². The molecule has 1 aromatic heterocycles. The van der Waals surface area contributed by atoms with E-state index in [1.165, 1.54) is 11.1 Å². The first kappa shape index (κ1) is 15.4. The Hall–Kier alpha value is -1.94. The van der Waals surface area contributed by atoms with Gasteiger partial charge in [-0.05, 0) is 31.4 Å². The maximum absolute atomic E-state index is 5.22. The summed E-state index contributed by atoms with van der Waals surface area (Å²) in [6.07, 6.45) is 1.06. The van der Waals surface area contributed by atoms with Crippen molar-refractivity contribution in [2.24, 2.45) is 0 Å². The molecule has 0 radical (unpaired) electrons. The zero-order valence-corrected chi connectivity index (χ0v) is 13.2. The van der Waals surface area contributed by atoms with E-state index in [1.807, 2.05) is 6.07 Å². The molecule has 0 atom stereocenters. The molecule has 0 aliphatic carbocycles. The number of hydrogen-bond donors (Lipinski definition) is 1. The van der Waals surface area contributed by atoms with Crippen molar-refractivity contribution in [2.75, 3.05) is 19.0 Å². The highest BCUT2D eigenvalue weighted by atomic mass is 16.5. The molecule has 112 valence electrons. The number of aromatic nitrogens is 2. The van der Waals surface area contributed by atoms with Crippen LogP contribution in [0.2, 0.25) is 0 Å². The lowest BCUT2D eigenvalue weighted by Crippen LogP contribution is -2.07. The van der Waals surface area contributed by atoms with E-state index < -0.39 is 0 Å². The molecule has 0 bridgehead atoms. The van der Waals surface area contributed by atoms with Crippen LogP contribution in [0.1, 0.15) is 30.2 Å². The van der Waals surface area contributed by atoms with E-state index in [4.69, 9.17) is 4.74 Å². The van der Waals surface area contributed by atoms with E-state index >= 15 is 0 Å². The van der Waals surface area contributed by atoms with E-state index in [-0.39, 0.29) is 0 Å². The number of rotatable bonds is 6. The Balaban J connectivity index is 2.48. The molecule has 1 N–H and O–H groups in total. The van der Waals surface area contributed by atoms with E-state index in [2.05, 4.69) is 54.3 Å². The standard InChI is InChI=1S/C17H23N3O/c1-5-9-18-15-10-14(11-21-4)19-17(20-15)16-12(2)7-6-8-13(16)3/h6-8,10H,5,9,11H2,1-4H3,(H,18,19,20). The summed E-state index contributed by atoms with van der Waals surface area (Å²) in [5, 5.41) is 3.34. The largest absolute Gasteiger partial charge is 0.378 e. The molecule has 1 heterocycles. The van der Waals surface area contributed by atoms with Crippen LogP contribution in [0.25, 0.3) is 11.4 Å². The van der Waals surface area contributed by atoms with E-state index in [9.17, 15) is 0 Å². The normalized spacial score (nSPS) is 10.7. The number of hydrogen-bond acceptors (Lipinski definition) is 4. The predicted molar refractivity (Wildman–Crippen MR) is 86.4 cm³/mol. The van der Waals surface area contributed by atoms with E-state index in [0.717, 1.165) is 35.9 Å². The first-order chi connectivity index (χ1) is 10.2. The van der Waals surface area contributed by atoms with Gasteiger partial charge in [0.1, 0.15) is 5.82 Å². The molecule has 0 amide bonds. The summed E-state index contributed by atoms with van der Waals surface area (Å²) in [4.78, 5) is 9.31. The highest BCUT2D eigenvalue weighted by Crippen LogP contribution is 2.25. The van der Waals surface area contributed by atoms with Gasteiger partial charge in [0.2, 0.25) is 0 Å². The van der Waals surface area contributed by atoms with Crippen molar-refractivity contribution >= 4 is 5.82 Å². The fourth-order valence-corrected chi connectivity index (χ4v) is 2.34. The van der Waals surface area contributed by atoms with Crippen molar-refractivity contribution < 1.29 is 4.74 Å². The minimum Gasteiger partial charge on any atom is -0.378 e. The molecule has 4 nitrogen and oxygen atoms in total. The summed E-state index contributed by atoms with van der Waals surface area (Å²) in [6.45, 7) is 7.70. The van der Waals surface area contributed by atoms with Gasteiger partial charge >= 0.3 is 0 Å². The third-order valence-corrected chi connectivity index (χ3v) is 3.33. The second kappa shape index (κ2) is 7.18. The van der Waals surface area contributed by atoms with Crippen molar-refractivity contribution in [3.8, 4) is 11.4 Å². The smallest absolute Gasteiger partial charge is 0.162 e. The number of methoxy groups -OCH3 is 1. The topological polar surface area (TPSA) is 47.0 Å². The van der Waals surface area contributed by atoms with Crippen LogP contribution >= 0.6 is 0 Å². The second-order valence-corrected chi connectivity index (χ2v) is 5.19. The number of benzene rings is 1. The Morgan fingerprint density at radius 2 is 1.86 bits per heavy atom. The molecule has 2 aromatic rings. The van der Waals surface area contributed by atoms with Crippen molar-refractivity contribution in [1.82, 2.24) is 9.97 Å². The number of ether oxygens (including phenoxy) is 1. The van der Waals surface area contributed by atoms with Crippen LogP contribution in [0.15, 0.2) is 24.3 Å². The van der Waals surface area contributed by atoms with Crippen LogP contribution in [-0.4, -0.2) is 23.6 Å². The Morgan fingerprint density at radius 1 is 1.14 bits per heavy atom. The van der Waals surface area contributed by atoms with Gasteiger partial charge in [-0.25, -0.2) is 9.97 Å². The summed E-state index contributed by atoms with van der Waals surface area (Å²) in [7, 11) is 1.68. The molecular weight excluding hydrogens is 262 g/mol. The van der Waals surface area contributed by atoms with Gasteiger partial charge in [0, 0.05) is 25.3 Å². The fraction of sp³-hybridized carbons (Fsp3) is 0.412. The van der Waals surface area contributed by atoms with Crippen LogP contribution in [0, 0.1) is 13.8 Å². The molecular formula is C17H23N3O. The highest BCUT2D eigenvalue weighted by molar-refractivity contribution is 5.65. The Morgan fingerprint density at radius 3 is 2.48 bits per heavy atom. The van der Waals surface area contributed by atoms with Crippen LogP contribution < -0.4 is 5.32 Å². The number of nitrogens with zero attached hydrogens (tertiary/aromatic N) is 2. The zero-order valence-electron chi connectivity index (χ0n) is 13.2. The average molecular weight is 285 g/mol. The molecule has 2 rings (SSSR count). The van der Waals surface area contributed by atoms with Crippen molar-refractivity contribution in [2.45, 2.75) is 33.8 Å². The summed E-state index contributed by atoms with van der Waals surface area (Å²) < 4.78 is 5.22. The van der Waals surface area contributed by atoms with Crippen molar-refractivity contribution in [1.29, 1.82) is 0 Å². The summed E-state index contributed by atoms with van der Waals surface area (Å²) in [5.74, 6) is 1.62. The highest BCUT2D eigenvalue weighted by Gasteiger charge is 2.11. The molecule has 4 heteroatoms. The third kappa shape index (κ3) is 3.79. The lowest BCUT2D eigenvalue weighted by Gasteiger charge is -2.12.